The number of nitrogens with one attached hydrogen (secondary N) is 7. The van der Waals surface area contributed by atoms with Crippen LogP contribution in [0.5, 0.6) is 0 Å². The zero-order valence-electron chi connectivity index (χ0n) is 36.1. The molecule has 1 rings (SSSR count). The number of hydrogen-bond donors (Lipinski definition) is 9. The molecule has 24 nitrogen and oxygen atoms in total. The first kappa shape index (κ1) is 53.7. The fourth-order valence-electron chi connectivity index (χ4n) is 4.17. The number of alkyl carbamates (subject to hydrolysis) is 2. The SMILES string of the molecule is CC(=NCCOCCOCCNC(=O)NCCCCNC(=O)NCCOCCOCCN=C(NC(=O)OC(C)(C)C)NC(=O)c1nc(Cl)c(N)nc1N)NC(=O)OC(C)(C)C. The second kappa shape index (κ2) is 29.8. The van der Waals surface area contributed by atoms with E-state index in [-0.39, 0.29) is 80.0 Å². The molecule has 1 heterocycles. The maximum atomic E-state index is 12.8. The van der Waals surface area contributed by atoms with Crippen molar-refractivity contribution in [1.82, 2.24) is 47.2 Å². The normalized spacial score (nSPS) is 11.9. The lowest BCUT2D eigenvalue weighted by Gasteiger charge is -2.20. The van der Waals surface area contributed by atoms with Gasteiger partial charge >= 0.3 is 24.2 Å². The highest BCUT2D eigenvalue weighted by atomic mass is 35.5. The number of amidine groups is 1. The van der Waals surface area contributed by atoms with Gasteiger partial charge in [0.1, 0.15) is 17.0 Å². The van der Waals surface area contributed by atoms with E-state index in [1.807, 2.05) is 0 Å². The summed E-state index contributed by atoms with van der Waals surface area (Å²) in [6.45, 7) is 16.1. The fraction of sp³-hybridized carbons (Fsp3) is 0.694. The predicted molar refractivity (Wildman–Crippen MR) is 228 cm³/mol. The van der Waals surface area contributed by atoms with Crippen LogP contribution in [0.1, 0.15) is 71.8 Å². The maximum Gasteiger partial charge on any atom is 0.414 e. The molecular weight excluding hydrogens is 826 g/mol. The summed E-state index contributed by atoms with van der Waals surface area (Å²) in [5.41, 5.74) is 9.58. The van der Waals surface area contributed by atoms with Crippen molar-refractivity contribution in [2.24, 2.45) is 9.98 Å². The van der Waals surface area contributed by atoms with E-state index in [0.29, 0.717) is 71.3 Å². The highest BCUT2D eigenvalue weighted by Gasteiger charge is 2.21. The lowest BCUT2D eigenvalue weighted by Crippen LogP contribution is -2.46. The molecule has 11 N–H and O–H groups in total. The van der Waals surface area contributed by atoms with Gasteiger partial charge in [0, 0.05) is 26.2 Å². The van der Waals surface area contributed by atoms with Crippen LogP contribution in [0.25, 0.3) is 0 Å². The molecule has 0 atom stereocenters. The zero-order chi connectivity index (χ0) is 45.7. The number of carbonyl (C=O) groups is 5. The Bertz CT molecular complexity index is 1590. The number of guanidine groups is 1. The summed E-state index contributed by atoms with van der Waals surface area (Å²) < 4.78 is 32.2. The second-order valence-electron chi connectivity index (χ2n) is 14.6. The molecule has 0 unspecified atom stereocenters. The number of aromatic nitrogens is 2. The molecule has 0 aliphatic carbocycles. The first-order chi connectivity index (χ1) is 28.8. The van der Waals surface area contributed by atoms with E-state index in [0.717, 1.165) is 0 Å². The number of carbonyl (C=O) groups excluding carboxylic acids is 5. The molecule has 7 amide bonds. The molecule has 0 spiro atoms. The molecule has 0 saturated carbocycles. The molecule has 0 aliphatic rings. The first-order valence-electron chi connectivity index (χ1n) is 19.6. The molecule has 61 heavy (non-hydrogen) atoms. The number of anilines is 2. The van der Waals surface area contributed by atoms with E-state index in [9.17, 15) is 24.0 Å². The summed E-state index contributed by atoms with van der Waals surface area (Å²) in [6.07, 6.45) is -0.105. The third kappa shape index (κ3) is 29.6. The molecule has 0 aliphatic heterocycles. The van der Waals surface area contributed by atoms with E-state index in [2.05, 4.69) is 57.2 Å². The van der Waals surface area contributed by atoms with Crippen LogP contribution in [0.3, 0.4) is 0 Å². The molecule has 0 fully saturated rings. The van der Waals surface area contributed by atoms with Crippen molar-refractivity contribution < 1.29 is 52.4 Å². The summed E-state index contributed by atoms with van der Waals surface area (Å²) in [6, 6.07) is -0.660. The van der Waals surface area contributed by atoms with Crippen LogP contribution in [0, 0.1) is 0 Å². The minimum absolute atomic E-state index is 0.0344. The van der Waals surface area contributed by atoms with Gasteiger partial charge < -0.3 is 61.2 Å². The van der Waals surface area contributed by atoms with E-state index in [1.54, 1.807) is 48.5 Å². The molecular formula is C36H64ClN13O11. The highest BCUT2D eigenvalue weighted by Crippen LogP contribution is 2.17. The summed E-state index contributed by atoms with van der Waals surface area (Å²) >= 11 is 5.87. The van der Waals surface area contributed by atoms with Gasteiger partial charge in [-0.05, 0) is 61.3 Å². The monoisotopic (exact) mass is 889 g/mol. The van der Waals surface area contributed by atoms with Crippen molar-refractivity contribution >= 4 is 65.2 Å². The minimum atomic E-state index is -0.866. The Morgan fingerprint density at radius 3 is 1.52 bits per heavy atom. The molecule has 1 aromatic heterocycles. The van der Waals surface area contributed by atoms with Gasteiger partial charge in [-0.2, -0.15) is 0 Å². The number of urea groups is 2. The van der Waals surface area contributed by atoms with Crippen LogP contribution in [0.4, 0.5) is 30.8 Å². The Labute approximate surface area is 361 Å². The quantitative estimate of drug-likeness (QED) is 0.0401. The van der Waals surface area contributed by atoms with Crippen LogP contribution < -0.4 is 48.7 Å². The molecule has 0 radical (unpaired) electrons. The number of unbranched alkanes of at least 4 members (excludes halogenated alkanes) is 1. The second-order valence-corrected chi connectivity index (χ2v) is 14.9. The van der Waals surface area contributed by atoms with Gasteiger partial charge in [-0.25, -0.2) is 29.1 Å². The lowest BCUT2D eigenvalue weighted by atomic mass is 10.2. The molecule has 1 aromatic rings. The third-order valence-electron chi connectivity index (χ3n) is 6.73. The Morgan fingerprint density at radius 1 is 0.590 bits per heavy atom. The zero-order valence-corrected chi connectivity index (χ0v) is 36.9. The van der Waals surface area contributed by atoms with E-state index >= 15 is 0 Å². The van der Waals surface area contributed by atoms with Gasteiger partial charge in [0.05, 0.1) is 65.9 Å². The van der Waals surface area contributed by atoms with Gasteiger partial charge in [0.15, 0.2) is 22.5 Å². The van der Waals surface area contributed by atoms with Crippen LogP contribution >= 0.6 is 11.6 Å². The van der Waals surface area contributed by atoms with Crippen LogP contribution in [-0.2, 0) is 28.4 Å². The third-order valence-corrected chi connectivity index (χ3v) is 7.00. The highest BCUT2D eigenvalue weighted by molar-refractivity contribution is 6.31. The largest absolute Gasteiger partial charge is 0.444 e. The van der Waals surface area contributed by atoms with Crippen LogP contribution in [0.2, 0.25) is 5.15 Å². The predicted octanol–water partition coefficient (Wildman–Crippen LogP) is 1.29. The number of nitrogens with zero attached hydrogens (tertiary/aromatic N) is 4. The summed E-state index contributed by atoms with van der Waals surface area (Å²) in [5.74, 6) is -1.09. The smallest absolute Gasteiger partial charge is 0.414 e. The Morgan fingerprint density at radius 2 is 1.03 bits per heavy atom. The lowest BCUT2D eigenvalue weighted by molar-refractivity contribution is 0.0522. The molecule has 0 saturated heterocycles. The van der Waals surface area contributed by atoms with E-state index in [4.69, 9.17) is 51.5 Å². The van der Waals surface area contributed by atoms with E-state index in [1.165, 1.54) is 0 Å². The van der Waals surface area contributed by atoms with Crippen LogP contribution in [0.15, 0.2) is 9.98 Å². The van der Waals surface area contributed by atoms with E-state index < -0.39 is 29.3 Å². The molecule has 25 heteroatoms. The van der Waals surface area contributed by atoms with Gasteiger partial charge in [-0.15, -0.1) is 0 Å². The molecule has 0 bridgehead atoms. The Hall–Kier alpha value is -5.30. The standard InChI is InChI=1S/C36H64ClN13O11/c1-24(46-33(54)60-35(2,3)4)40-12-16-56-20-22-58-18-14-44-31(52)42-10-8-9-11-43-32(53)45-15-19-59-23-21-57-17-13-41-30(50-34(55)61-36(5,6)7)49-29(51)25-27(38)48-28(39)26(37)47-25/h8-23H2,1-7H3,(H4,38,39,48)(H,40,46,54)(H2,42,44,52)(H2,43,45,53)(H2,41,49,50,51,55). The number of amides is 7. The fourth-order valence-corrected chi connectivity index (χ4v) is 4.30. The van der Waals surface area contributed by atoms with Crippen molar-refractivity contribution in [3.63, 3.8) is 0 Å². The summed E-state index contributed by atoms with van der Waals surface area (Å²) in [5, 5.41) is 17.9. The van der Waals surface area contributed by atoms with Crippen molar-refractivity contribution in [2.75, 3.05) is 104 Å². The van der Waals surface area contributed by atoms with Gasteiger partial charge in [0.2, 0.25) is 5.96 Å². The maximum absolute atomic E-state index is 12.8. The van der Waals surface area contributed by atoms with Gasteiger partial charge in [-0.1, -0.05) is 11.6 Å². The summed E-state index contributed by atoms with van der Waals surface area (Å²) in [7, 11) is 0. The number of aliphatic imine (C=N–C) groups is 2. The number of rotatable bonds is 24. The average molecular weight is 890 g/mol. The Kier molecular flexibility index (Phi) is 26.3. The number of nitrogens with two attached hydrogens (primary N) is 2. The van der Waals surface area contributed by atoms with Gasteiger partial charge in [-0.3, -0.25) is 30.7 Å². The number of halogens is 1. The first-order valence-corrected chi connectivity index (χ1v) is 19.9. The van der Waals surface area contributed by atoms with Crippen molar-refractivity contribution in [2.45, 2.75) is 72.5 Å². The molecule has 0 aromatic carbocycles. The van der Waals surface area contributed by atoms with Crippen LogP contribution in [-0.4, -0.2) is 155 Å². The van der Waals surface area contributed by atoms with Gasteiger partial charge in [0.25, 0.3) is 5.91 Å². The van der Waals surface area contributed by atoms with Crippen molar-refractivity contribution in [1.29, 1.82) is 0 Å². The van der Waals surface area contributed by atoms with Crippen molar-refractivity contribution in [3.8, 4) is 0 Å². The number of nitrogen functional groups attached to an aromatic ring is 2. The number of hydrogen-bond acceptors (Lipinski definition) is 17. The summed E-state index contributed by atoms with van der Waals surface area (Å²) in [4.78, 5) is 76.6. The number of ether oxygens (including phenoxy) is 6. The Balaban J connectivity index is 2.08. The average Bonchev–Trinajstić information content (AvgIpc) is 3.14. The topological polar surface area (TPSA) is 327 Å². The minimum Gasteiger partial charge on any atom is -0.444 e. The van der Waals surface area contributed by atoms with Crippen molar-refractivity contribution in [3.05, 3.63) is 10.8 Å². The molecule has 346 valence electrons.